The molecule has 1 fully saturated rings. The Morgan fingerprint density at radius 3 is 2.64 bits per heavy atom. The molecule has 0 radical (unpaired) electrons. The highest BCUT2D eigenvalue weighted by Gasteiger charge is 2.48. The number of nitrogens with zero attached hydrogens (tertiary/aromatic N) is 1. The molecule has 0 aliphatic heterocycles. The maximum Gasteiger partial charge on any atom is 0.344 e. The zero-order valence-corrected chi connectivity index (χ0v) is 14.4. The third-order valence-corrected chi connectivity index (χ3v) is 5.68. The van der Waals surface area contributed by atoms with Crippen LogP contribution in [0.1, 0.15) is 44.4 Å². The monoisotopic (exact) mass is 325 g/mol. The van der Waals surface area contributed by atoms with E-state index >= 15 is 0 Å². The lowest BCUT2D eigenvalue weighted by Gasteiger charge is -2.31. The third kappa shape index (κ3) is 3.70. The molecule has 5 heteroatoms. The molecular formula is C17H27NO3S. The molecule has 1 aromatic rings. The van der Waals surface area contributed by atoms with Gasteiger partial charge in [-0.25, -0.2) is 4.79 Å². The fourth-order valence-electron chi connectivity index (χ4n) is 3.22. The number of esters is 1. The number of likely N-dealkylation sites (N-methyl/N-ethyl adjacent to an activating group) is 1. The summed E-state index contributed by atoms with van der Waals surface area (Å²) in [5, 5.41) is 13.0. The molecule has 0 aromatic carbocycles. The highest BCUT2D eigenvalue weighted by molar-refractivity contribution is 7.10. The van der Waals surface area contributed by atoms with Crippen molar-refractivity contribution in [2.45, 2.75) is 45.1 Å². The Morgan fingerprint density at radius 1 is 1.41 bits per heavy atom. The predicted octanol–water partition coefficient (Wildman–Crippen LogP) is 3.01. The Kier molecular flexibility index (Phi) is 6.41. The number of aliphatic hydroxyl groups is 1. The largest absolute Gasteiger partial charge is 0.462 e. The molecule has 22 heavy (non-hydrogen) atoms. The van der Waals surface area contributed by atoms with E-state index in [-0.39, 0.29) is 5.92 Å². The summed E-state index contributed by atoms with van der Waals surface area (Å²) in [5.74, 6) is -0.499. The van der Waals surface area contributed by atoms with Gasteiger partial charge in [-0.2, -0.15) is 0 Å². The summed E-state index contributed by atoms with van der Waals surface area (Å²) in [6.45, 7) is 7.10. The zero-order valence-electron chi connectivity index (χ0n) is 13.6. The highest BCUT2D eigenvalue weighted by atomic mass is 32.1. The van der Waals surface area contributed by atoms with Gasteiger partial charge in [0.05, 0.1) is 0 Å². The van der Waals surface area contributed by atoms with Crippen molar-refractivity contribution >= 4 is 17.3 Å². The molecule has 0 amide bonds. The van der Waals surface area contributed by atoms with Crippen molar-refractivity contribution in [1.29, 1.82) is 0 Å². The minimum atomic E-state index is -1.46. The van der Waals surface area contributed by atoms with Crippen molar-refractivity contribution in [3.63, 3.8) is 0 Å². The van der Waals surface area contributed by atoms with Crippen LogP contribution in [0.3, 0.4) is 0 Å². The van der Waals surface area contributed by atoms with Crippen LogP contribution >= 0.6 is 11.3 Å². The lowest BCUT2D eigenvalue weighted by Crippen LogP contribution is -2.43. The summed E-state index contributed by atoms with van der Waals surface area (Å²) in [4.78, 5) is 15.5. The van der Waals surface area contributed by atoms with Crippen molar-refractivity contribution in [3.8, 4) is 0 Å². The van der Waals surface area contributed by atoms with Gasteiger partial charge in [-0.3, -0.25) is 0 Å². The van der Waals surface area contributed by atoms with E-state index in [1.54, 1.807) is 0 Å². The topological polar surface area (TPSA) is 49.8 Å². The van der Waals surface area contributed by atoms with Gasteiger partial charge in [-0.05, 0) is 37.4 Å². The number of carbonyl (C=O) groups is 1. The minimum absolute atomic E-state index is 0.0212. The molecule has 1 saturated carbocycles. The quantitative estimate of drug-likeness (QED) is 0.747. The fraction of sp³-hybridized carbons (Fsp3) is 0.706. The highest BCUT2D eigenvalue weighted by Crippen LogP contribution is 2.43. The van der Waals surface area contributed by atoms with Gasteiger partial charge in [-0.1, -0.05) is 32.8 Å². The summed E-state index contributed by atoms with van der Waals surface area (Å²) >= 11 is 1.43. The van der Waals surface area contributed by atoms with Crippen LogP contribution in [0, 0.1) is 5.92 Å². The minimum Gasteiger partial charge on any atom is -0.462 e. The smallest absolute Gasteiger partial charge is 0.344 e. The number of hydrogen-bond acceptors (Lipinski definition) is 5. The van der Waals surface area contributed by atoms with E-state index in [0.717, 1.165) is 38.8 Å². The molecule has 1 aliphatic rings. The predicted molar refractivity (Wildman–Crippen MR) is 88.9 cm³/mol. The summed E-state index contributed by atoms with van der Waals surface area (Å²) in [6, 6.07) is 3.72. The Bertz CT molecular complexity index is 452. The van der Waals surface area contributed by atoms with E-state index in [0.29, 0.717) is 18.0 Å². The van der Waals surface area contributed by atoms with E-state index in [1.807, 2.05) is 17.5 Å². The number of ether oxygens (including phenoxy) is 1. The summed E-state index contributed by atoms with van der Waals surface area (Å²) < 4.78 is 5.45. The normalized spacial score (nSPS) is 18.5. The molecule has 2 rings (SSSR count). The van der Waals surface area contributed by atoms with Crippen LogP contribution in [-0.4, -0.2) is 42.2 Å². The Morgan fingerprint density at radius 2 is 2.09 bits per heavy atom. The third-order valence-electron chi connectivity index (χ3n) is 4.69. The summed E-state index contributed by atoms with van der Waals surface area (Å²) in [6.07, 6.45) is 3.93. The van der Waals surface area contributed by atoms with Crippen LogP contribution in [-0.2, 0) is 15.1 Å². The lowest BCUT2D eigenvalue weighted by molar-refractivity contribution is -0.173. The van der Waals surface area contributed by atoms with E-state index < -0.39 is 11.6 Å². The van der Waals surface area contributed by atoms with Crippen LogP contribution in [0.5, 0.6) is 0 Å². The molecule has 4 nitrogen and oxygen atoms in total. The van der Waals surface area contributed by atoms with Crippen LogP contribution in [0.4, 0.5) is 0 Å². The van der Waals surface area contributed by atoms with Crippen LogP contribution in [0.15, 0.2) is 17.5 Å². The molecule has 1 N–H and O–H groups in total. The van der Waals surface area contributed by atoms with E-state index in [4.69, 9.17) is 4.74 Å². The Balaban J connectivity index is 2.04. The SMILES string of the molecule is CCN(CC)CCOC(=O)C(O)(c1cccs1)C1CCCC1. The Labute approximate surface area is 137 Å². The maximum absolute atomic E-state index is 12.6. The molecule has 1 aromatic heterocycles. The lowest BCUT2D eigenvalue weighted by atomic mass is 9.84. The molecule has 1 aliphatic carbocycles. The van der Waals surface area contributed by atoms with Crippen LogP contribution < -0.4 is 0 Å². The van der Waals surface area contributed by atoms with E-state index in [1.165, 1.54) is 11.3 Å². The van der Waals surface area contributed by atoms with Gasteiger partial charge in [0, 0.05) is 17.3 Å². The fourth-order valence-corrected chi connectivity index (χ4v) is 4.12. The van der Waals surface area contributed by atoms with Crippen LogP contribution in [0.2, 0.25) is 0 Å². The second kappa shape index (κ2) is 8.09. The number of carbonyl (C=O) groups excluding carboxylic acids is 1. The van der Waals surface area contributed by atoms with E-state index in [9.17, 15) is 9.90 Å². The average molecular weight is 325 g/mol. The van der Waals surface area contributed by atoms with Crippen LogP contribution in [0.25, 0.3) is 0 Å². The molecule has 1 heterocycles. The Hall–Kier alpha value is -0.910. The van der Waals surface area contributed by atoms with Gasteiger partial charge in [0.2, 0.25) is 0 Å². The molecule has 0 bridgehead atoms. The first kappa shape index (κ1) is 17.4. The van der Waals surface area contributed by atoms with Gasteiger partial charge in [0.1, 0.15) is 6.61 Å². The second-order valence-electron chi connectivity index (χ2n) is 5.89. The molecular weight excluding hydrogens is 298 g/mol. The standard InChI is InChI=1S/C17H27NO3S/c1-3-18(4-2)11-12-21-16(19)17(20,14-8-5-6-9-14)15-10-7-13-22-15/h7,10,13-14,20H,3-6,8-9,11-12H2,1-2H3. The van der Waals surface area contributed by atoms with Gasteiger partial charge >= 0.3 is 5.97 Å². The number of hydrogen-bond donors (Lipinski definition) is 1. The van der Waals surface area contributed by atoms with Gasteiger partial charge < -0.3 is 14.7 Å². The van der Waals surface area contributed by atoms with Gasteiger partial charge in [0.15, 0.2) is 5.60 Å². The van der Waals surface area contributed by atoms with Crippen molar-refractivity contribution in [1.82, 2.24) is 4.90 Å². The zero-order chi connectivity index (χ0) is 16.0. The maximum atomic E-state index is 12.6. The van der Waals surface area contributed by atoms with E-state index in [2.05, 4.69) is 18.7 Å². The first-order valence-electron chi connectivity index (χ1n) is 8.28. The van der Waals surface area contributed by atoms with Crippen molar-refractivity contribution in [2.24, 2.45) is 5.92 Å². The first-order chi connectivity index (χ1) is 10.6. The summed E-state index contributed by atoms with van der Waals surface area (Å²) in [5.41, 5.74) is -1.46. The van der Waals surface area contributed by atoms with Gasteiger partial charge in [0.25, 0.3) is 0 Å². The molecule has 0 saturated heterocycles. The molecule has 124 valence electrons. The molecule has 1 atom stereocenters. The second-order valence-corrected chi connectivity index (χ2v) is 6.84. The average Bonchev–Trinajstić information content (AvgIpc) is 3.24. The van der Waals surface area contributed by atoms with Crippen molar-refractivity contribution in [3.05, 3.63) is 22.4 Å². The molecule has 1 unspecified atom stereocenters. The summed E-state index contributed by atoms with van der Waals surface area (Å²) in [7, 11) is 0. The van der Waals surface area contributed by atoms with Crippen molar-refractivity contribution in [2.75, 3.05) is 26.2 Å². The number of rotatable bonds is 8. The van der Waals surface area contributed by atoms with Gasteiger partial charge in [-0.15, -0.1) is 11.3 Å². The first-order valence-corrected chi connectivity index (χ1v) is 9.16. The van der Waals surface area contributed by atoms with Crippen molar-refractivity contribution < 1.29 is 14.6 Å². The number of thiophene rings is 1. The molecule has 0 spiro atoms.